The van der Waals surface area contributed by atoms with Crippen LogP contribution in [-0.2, 0) is 6.18 Å². The molecule has 3 nitrogen and oxygen atoms in total. The summed E-state index contributed by atoms with van der Waals surface area (Å²) in [5, 5.41) is 7.70. The lowest BCUT2D eigenvalue weighted by atomic mass is 9.94. The SMILES string of the molecule is CCC(c1ccc(Cl)c(C(F)(F)F)c1)c1nnc(-c2ccccc2)o1. The van der Waals surface area contributed by atoms with Gasteiger partial charge in [-0.15, -0.1) is 10.2 Å². The molecule has 0 spiro atoms. The second-order valence-electron chi connectivity index (χ2n) is 5.51. The molecule has 0 aliphatic rings. The summed E-state index contributed by atoms with van der Waals surface area (Å²) in [5.41, 5.74) is 0.318. The molecule has 25 heavy (non-hydrogen) atoms. The van der Waals surface area contributed by atoms with E-state index in [0.717, 1.165) is 11.6 Å². The minimum absolute atomic E-state index is 0.275. The third-order valence-electron chi connectivity index (χ3n) is 3.87. The molecule has 0 saturated heterocycles. The van der Waals surface area contributed by atoms with Gasteiger partial charge in [0, 0.05) is 5.56 Å². The molecule has 3 aromatic rings. The van der Waals surface area contributed by atoms with Gasteiger partial charge in [0.05, 0.1) is 16.5 Å². The lowest BCUT2D eigenvalue weighted by molar-refractivity contribution is -0.137. The first-order chi connectivity index (χ1) is 11.9. The minimum atomic E-state index is -4.52. The highest BCUT2D eigenvalue weighted by atomic mass is 35.5. The number of alkyl halides is 3. The Bertz CT molecular complexity index is 862. The van der Waals surface area contributed by atoms with Crippen LogP contribution >= 0.6 is 11.6 Å². The van der Waals surface area contributed by atoms with Gasteiger partial charge < -0.3 is 4.42 Å². The minimum Gasteiger partial charge on any atom is -0.420 e. The van der Waals surface area contributed by atoms with E-state index in [1.54, 1.807) is 6.07 Å². The Morgan fingerprint density at radius 2 is 1.80 bits per heavy atom. The second kappa shape index (κ2) is 6.88. The molecule has 0 saturated carbocycles. The Morgan fingerprint density at radius 1 is 1.08 bits per heavy atom. The van der Waals surface area contributed by atoms with Crippen LogP contribution in [0.1, 0.15) is 36.3 Å². The Morgan fingerprint density at radius 3 is 2.44 bits per heavy atom. The van der Waals surface area contributed by atoms with Gasteiger partial charge in [0.15, 0.2) is 0 Å². The molecule has 0 aliphatic heterocycles. The number of aromatic nitrogens is 2. The normalized spacial score (nSPS) is 13.0. The van der Waals surface area contributed by atoms with Gasteiger partial charge in [-0.05, 0) is 36.2 Å². The van der Waals surface area contributed by atoms with E-state index in [2.05, 4.69) is 10.2 Å². The monoisotopic (exact) mass is 366 g/mol. The molecular formula is C18H14ClF3N2O. The van der Waals surface area contributed by atoms with E-state index < -0.39 is 17.7 Å². The van der Waals surface area contributed by atoms with Crippen LogP contribution in [0.15, 0.2) is 52.9 Å². The van der Waals surface area contributed by atoms with Crippen molar-refractivity contribution < 1.29 is 17.6 Å². The van der Waals surface area contributed by atoms with Gasteiger partial charge in [-0.1, -0.05) is 42.8 Å². The molecule has 7 heteroatoms. The summed E-state index contributed by atoms with van der Waals surface area (Å²) in [5.74, 6) is 0.166. The summed E-state index contributed by atoms with van der Waals surface area (Å²) < 4.78 is 45.0. The van der Waals surface area contributed by atoms with Gasteiger partial charge in [-0.3, -0.25) is 0 Å². The third kappa shape index (κ3) is 3.69. The van der Waals surface area contributed by atoms with E-state index >= 15 is 0 Å². The van der Waals surface area contributed by atoms with Crippen molar-refractivity contribution in [2.75, 3.05) is 0 Å². The molecule has 0 aliphatic carbocycles. The predicted molar refractivity (Wildman–Crippen MR) is 88.3 cm³/mol. The number of hydrogen-bond donors (Lipinski definition) is 0. The van der Waals surface area contributed by atoms with Crippen LogP contribution < -0.4 is 0 Å². The molecular weight excluding hydrogens is 353 g/mol. The highest BCUT2D eigenvalue weighted by Crippen LogP contribution is 2.38. The van der Waals surface area contributed by atoms with Crippen molar-refractivity contribution >= 4 is 11.6 Å². The molecule has 130 valence electrons. The van der Waals surface area contributed by atoms with Crippen molar-refractivity contribution in [2.24, 2.45) is 0 Å². The molecule has 0 radical (unpaired) electrons. The molecule has 2 aromatic carbocycles. The summed E-state index contributed by atoms with van der Waals surface area (Å²) in [4.78, 5) is 0. The molecule has 3 rings (SSSR count). The second-order valence-corrected chi connectivity index (χ2v) is 5.92. The van der Waals surface area contributed by atoms with E-state index in [4.69, 9.17) is 16.0 Å². The fourth-order valence-electron chi connectivity index (χ4n) is 2.60. The van der Waals surface area contributed by atoms with Crippen molar-refractivity contribution in [3.8, 4) is 11.5 Å². The summed E-state index contributed by atoms with van der Waals surface area (Å²) in [6, 6.07) is 13.0. The van der Waals surface area contributed by atoms with Crippen LogP contribution in [0.4, 0.5) is 13.2 Å². The predicted octanol–water partition coefficient (Wildman–Crippen LogP) is 5.95. The van der Waals surface area contributed by atoms with Gasteiger partial charge in [0.1, 0.15) is 0 Å². The number of benzene rings is 2. The molecule has 1 aromatic heterocycles. The summed E-state index contributed by atoms with van der Waals surface area (Å²) in [6.07, 6.45) is -4.01. The van der Waals surface area contributed by atoms with Crippen LogP contribution in [0.2, 0.25) is 5.02 Å². The summed E-state index contributed by atoms with van der Waals surface area (Å²) in [7, 11) is 0. The first kappa shape index (κ1) is 17.5. The van der Waals surface area contributed by atoms with Crippen LogP contribution in [0.25, 0.3) is 11.5 Å². The highest BCUT2D eigenvalue weighted by molar-refractivity contribution is 6.31. The first-order valence-corrected chi connectivity index (χ1v) is 8.03. The molecule has 1 heterocycles. The van der Waals surface area contributed by atoms with E-state index in [0.29, 0.717) is 17.9 Å². The van der Waals surface area contributed by atoms with Crippen molar-refractivity contribution in [1.29, 1.82) is 0 Å². The van der Waals surface area contributed by atoms with Gasteiger partial charge >= 0.3 is 6.18 Å². The molecule has 0 fully saturated rings. The van der Waals surface area contributed by atoms with Crippen LogP contribution in [0.3, 0.4) is 0 Å². The number of rotatable bonds is 4. The molecule has 1 unspecified atom stereocenters. The quantitative estimate of drug-likeness (QED) is 0.572. The standard InChI is InChI=1S/C18H14ClF3N2O/c1-2-13(12-8-9-15(19)14(10-12)18(20,21)22)17-24-23-16(25-17)11-6-4-3-5-7-11/h3-10,13H,2H2,1H3. The molecule has 0 bridgehead atoms. The lowest BCUT2D eigenvalue weighted by Gasteiger charge is -2.15. The van der Waals surface area contributed by atoms with Gasteiger partial charge in [-0.25, -0.2) is 0 Å². The maximum atomic E-state index is 13.1. The zero-order valence-electron chi connectivity index (χ0n) is 13.2. The van der Waals surface area contributed by atoms with Gasteiger partial charge in [0.25, 0.3) is 0 Å². The number of halogens is 4. The van der Waals surface area contributed by atoms with E-state index in [9.17, 15) is 13.2 Å². The van der Waals surface area contributed by atoms with E-state index in [-0.39, 0.29) is 10.9 Å². The average molecular weight is 367 g/mol. The Labute approximate surface area is 147 Å². The lowest BCUT2D eigenvalue weighted by Crippen LogP contribution is -2.08. The zero-order chi connectivity index (χ0) is 18.0. The average Bonchev–Trinajstić information content (AvgIpc) is 3.06. The number of nitrogens with zero attached hydrogens (tertiary/aromatic N) is 2. The molecule has 1 atom stereocenters. The van der Waals surface area contributed by atoms with Crippen LogP contribution in [0, 0.1) is 0 Å². The van der Waals surface area contributed by atoms with Gasteiger partial charge in [0.2, 0.25) is 11.8 Å². The van der Waals surface area contributed by atoms with Crippen molar-refractivity contribution in [3.63, 3.8) is 0 Å². The fraction of sp³-hybridized carbons (Fsp3) is 0.222. The van der Waals surface area contributed by atoms with E-state index in [1.165, 1.54) is 6.07 Å². The highest BCUT2D eigenvalue weighted by Gasteiger charge is 2.34. The maximum absolute atomic E-state index is 13.1. The van der Waals surface area contributed by atoms with E-state index in [1.807, 2.05) is 37.3 Å². The Hall–Kier alpha value is -2.34. The van der Waals surface area contributed by atoms with Crippen molar-refractivity contribution in [2.45, 2.75) is 25.4 Å². The number of hydrogen-bond acceptors (Lipinski definition) is 3. The first-order valence-electron chi connectivity index (χ1n) is 7.65. The molecule has 0 amide bonds. The maximum Gasteiger partial charge on any atom is 0.417 e. The third-order valence-corrected chi connectivity index (χ3v) is 4.20. The Balaban J connectivity index is 1.98. The summed E-state index contributed by atoms with van der Waals surface area (Å²) in [6.45, 7) is 1.85. The molecule has 0 N–H and O–H groups in total. The van der Waals surface area contributed by atoms with Crippen molar-refractivity contribution in [3.05, 3.63) is 70.6 Å². The smallest absolute Gasteiger partial charge is 0.417 e. The van der Waals surface area contributed by atoms with Crippen molar-refractivity contribution in [1.82, 2.24) is 10.2 Å². The van der Waals surface area contributed by atoms with Gasteiger partial charge in [-0.2, -0.15) is 13.2 Å². The van der Waals surface area contributed by atoms with Crippen LogP contribution in [-0.4, -0.2) is 10.2 Å². The zero-order valence-corrected chi connectivity index (χ0v) is 14.0. The Kier molecular flexibility index (Phi) is 4.81. The summed E-state index contributed by atoms with van der Waals surface area (Å²) >= 11 is 5.69. The largest absolute Gasteiger partial charge is 0.420 e. The van der Waals surface area contributed by atoms with Crippen LogP contribution in [0.5, 0.6) is 0 Å². The topological polar surface area (TPSA) is 38.9 Å². The fourth-order valence-corrected chi connectivity index (χ4v) is 2.83.